The summed E-state index contributed by atoms with van der Waals surface area (Å²) in [5.74, 6) is 0.829. The van der Waals surface area contributed by atoms with E-state index in [1.165, 1.54) is 11.3 Å². The van der Waals surface area contributed by atoms with Gasteiger partial charge in [-0.2, -0.15) is 5.26 Å². The van der Waals surface area contributed by atoms with Crippen LogP contribution in [0.5, 0.6) is 5.75 Å². The number of nitriles is 1. The molecule has 1 N–H and O–H groups in total. The number of para-hydroxylation sites is 2. The van der Waals surface area contributed by atoms with Crippen molar-refractivity contribution in [2.24, 2.45) is 0 Å². The van der Waals surface area contributed by atoms with Crippen LogP contribution in [-0.4, -0.2) is 50.1 Å². The molecule has 1 amide bonds. The molecular weight excluding hydrogens is 348 g/mol. The highest BCUT2D eigenvalue weighted by molar-refractivity contribution is 7.14. The Morgan fingerprint density at radius 3 is 2.77 bits per heavy atom. The lowest BCUT2D eigenvalue weighted by atomic mass is 10.2. The van der Waals surface area contributed by atoms with Crippen molar-refractivity contribution < 1.29 is 9.53 Å². The Hall–Kier alpha value is -2.56. The van der Waals surface area contributed by atoms with Crippen molar-refractivity contribution in [1.29, 1.82) is 5.26 Å². The first kappa shape index (κ1) is 18.2. The van der Waals surface area contributed by atoms with Crippen LogP contribution in [0.25, 0.3) is 0 Å². The highest BCUT2D eigenvalue weighted by Gasteiger charge is 2.21. The molecule has 1 aliphatic heterocycles. The minimum Gasteiger partial charge on any atom is -0.492 e. The molecule has 2 heterocycles. The summed E-state index contributed by atoms with van der Waals surface area (Å²) in [4.78, 5) is 16.7. The van der Waals surface area contributed by atoms with Crippen molar-refractivity contribution in [3.63, 3.8) is 0 Å². The molecule has 1 saturated heterocycles. The summed E-state index contributed by atoms with van der Waals surface area (Å²) in [6.45, 7) is 6.28. The zero-order chi connectivity index (χ0) is 18.4. The molecule has 26 heavy (non-hydrogen) atoms. The molecule has 0 saturated carbocycles. The summed E-state index contributed by atoms with van der Waals surface area (Å²) in [6, 6.07) is 11.9. The molecule has 0 aliphatic carbocycles. The summed E-state index contributed by atoms with van der Waals surface area (Å²) >= 11 is 1.37. The lowest BCUT2D eigenvalue weighted by Crippen LogP contribution is -2.48. The average molecular weight is 370 g/mol. The fourth-order valence-electron chi connectivity index (χ4n) is 3.01. The van der Waals surface area contributed by atoms with Crippen LogP contribution in [-0.2, 0) is 4.79 Å². The molecule has 136 valence electrons. The van der Waals surface area contributed by atoms with Gasteiger partial charge >= 0.3 is 0 Å². The zero-order valence-corrected chi connectivity index (χ0v) is 15.6. The lowest BCUT2D eigenvalue weighted by Gasteiger charge is -2.36. The lowest BCUT2D eigenvalue weighted by molar-refractivity contribution is -0.117. The van der Waals surface area contributed by atoms with Gasteiger partial charge in [-0.25, -0.2) is 0 Å². The molecule has 7 heteroatoms. The standard InChI is InChI=1S/C19H22N4O2S/c1-2-25-17-6-4-3-5-16(17)23-10-8-22(9-11-23)14-18(24)21-19-15(13-20)7-12-26-19/h3-7,12H,2,8-11,14H2,1H3,(H,21,24). The van der Waals surface area contributed by atoms with Gasteiger partial charge in [0.25, 0.3) is 0 Å². The molecule has 0 spiro atoms. The third-order valence-corrected chi connectivity index (χ3v) is 5.11. The number of hydrogen-bond acceptors (Lipinski definition) is 6. The largest absolute Gasteiger partial charge is 0.492 e. The van der Waals surface area contributed by atoms with Gasteiger partial charge in [0.2, 0.25) is 5.91 Å². The molecule has 1 aromatic carbocycles. The smallest absolute Gasteiger partial charge is 0.239 e. The van der Waals surface area contributed by atoms with Crippen molar-refractivity contribution in [2.75, 3.05) is 49.5 Å². The van der Waals surface area contributed by atoms with Gasteiger partial charge in [-0.05, 0) is 30.5 Å². The van der Waals surface area contributed by atoms with E-state index in [9.17, 15) is 4.79 Å². The topological polar surface area (TPSA) is 68.6 Å². The van der Waals surface area contributed by atoms with Crippen molar-refractivity contribution >= 4 is 27.9 Å². The number of nitrogens with one attached hydrogen (secondary N) is 1. The van der Waals surface area contributed by atoms with Gasteiger partial charge in [-0.15, -0.1) is 11.3 Å². The van der Waals surface area contributed by atoms with Crippen molar-refractivity contribution in [3.05, 3.63) is 41.3 Å². The molecule has 6 nitrogen and oxygen atoms in total. The van der Waals surface area contributed by atoms with Gasteiger partial charge in [0, 0.05) is 26.2 Å². The van der Waals surface area contributed by atoms with E-state index in [4.69, 9.17) is 10.00 Å². The molecule has 2 aromatic rings. The number of anilines is 2. The van der Waals surface area contributed by atoms with Gasteiger partial charge < -0.3 is 15.0 Å². The van der Waals surface area contributed by atoms with Gasteiger partial charge in [-0.3, -0.25) is 9.69 Å². The van der Waals surface area contributed by atoms with Crippen LogP contribution in [0.3, 0.4) is 0 Å². The summed E-state index contributed by atoms with van der Waals surface area (Å²) in [5, 5.41) is 14.3. The molecule has 1 aromatic heterocycles. The van der Waals surface area contributed by atoms with E-state index in [2.05, 4.69) is 27.3 Å². The van der Waals surface area contributed by atoms with E-state index in [0.717, 1.165) is 37.6 Å². The van der Waals surface area contributed by atoms with Gasteiger partial charge in [0.15, 0.2) is 0 Å². The average Bonchev–Trinajstić information content (AvgIpc) is 3.10. The van der Waals surface area contributed by atoms with E-state index in [1.54, 1.807) is 6.07 Å². The molecule has 0 radical (unpaired) electrons. The zero-order valence-electron chi connectivity index (χ0n) is 14.8. The first-order chi connectivity index (χ1) is 12.7. The van der Waals surface area contributed by atoms with Crippen molar-refractivity contribution in [1.82, 2.24) is 4.90 Å². The number of carbonyl (C=O) groups is 1. The SMILES string of the molecule is CCOc1ccccc1N1CCN(CC(=O)Nc2sccc2C#N)CC1. The predicted octanol–water partition coefficient (Wildman–Crippen LogP) is 2.78. The van der Waals surface area contributed by atoms with Gasteiger partial charge in [0.05, 0.1) is 24.4 Å². The van der Waals surface area contributed by atoms with E-state index < -0.39 is 0 Å². The second-order valence-corrected chi connectivity index (χ2v) is 6.90. The summed E-state index contributed by atoms with van der Waals surface area (Å²) < 4.78 is 5.72. The highest BCUT2D eigenvalue weighted by atomic mass is 32.1. The fraction of sp³-hybridized carbons (Fsp3) is 0.368. The predicted molar refractivity (Wildman–Crippen MR) is 104 cm³/mol. The van der Waals surface area contributed by atoms with E-state index in [1.807, 2.05) is 30.5 Å². The molecular formula is C19H22N4O2S. The number of thiophene rings is 1. The fourth-order valence-corrected chi connectivity index (χ4v) is 3.76. The van der Waals surface area contributed by atoms with Crippen molar-refractivity contribution in [2.45, 2.75) is 6.92 Å². The Labute approximate surface area is 157 Å². The number of carbonyl (C=O) groups excluding carboxylic acids is 1. The Kier molecular flexibility index (Phi) is 6.10. The monoisotopic (exact) mass is 370 g/mol. The van der Waals surface area contributed by atoms with E-state index >= 15 is 0 Å². The maximum absolute atomic E-state index is 12.2. The maximum Gasteiger partial charge on any atom is 0.239 e. The third-order valence-electron chi connectivity index (χ3n) is 4.28. The number of rotatable bonds is 6. The molecule has 3 rings (SSSR count). The number of ether oxygens (including phenoxy) is 1. The van der Waals surface area contributed by atoms with Crippen LogP contribution in [0.1, 0.15) is 12.5 Å². The second kappa shape index (κ2) is 8.70. The number of amides is 1. The maximum atomic E-state index is 12.2. The van der Waals surface area contributed by atoms with Crippen LogP contribution in [0.15, 0.2) is 35.7 Å². The van der Waals surface area contributed by atoms with Crippen LogP contribution < -0.4 is 15.0 Å². The Morgan fingerprint density at radius 2 is 2.04 bits per heavy atom. The van der Waals surface area contributed by atoms with Gasteiger partial charge in [-0.1, -0.05) is 12.1 Å². The van der Waals surface area contributed by atoms with E-state index in [0.29, 0.717) is 23.7 Å². The first-order valence-electron chi connectivity index (χ1n) is 8.68. The first-order valence-corrected chi connectivity index (χ1v) is 9.55. The van der Waals surface area contributed by atoms with Crippen LogP contribution in [0, 0.1) is 11.3 Å². The molecule has 1 fully saturated rings. The van der Waals surface area contributed by atoms with Crippen molar-refractivity contribution in [3.8, 4) is 11.8 Å². The van der Waals surface area contributed by atoms with E-state index in [-0.39, 0.29) is 5.91 Å². The normalized spacial score (nSPS) is 14.7. The number of nitrogens with zero attached hydrogens (tertiary/aromatic N) is 3. The van der Waals surface area contributed by atoms with Crippen LogP contribution in [0.2, 0.25) is 0 Å². The van der Waals surface area contributed by atoms with Crippen LogP contribution >= 0.6 is 11.3 Å². The molecule has 0 atom stereocenters. The minimum absolute atomic E-state index is 0.0767. The number of benzene rings is 1. The molecule has 1 aliphatic rings. The molecule has 0 unspecified atom stereocenters. The number of piperazine rings is 1. The summed E-state index contributed by atoms with van der Waals surface area (Å²) in [6.07, 6.45) is 0. The Bertz CT molecular complexity index is 791. The van der Waals surface area contributed by atoms with Crippen LogP contribution in [0.4, 0.5) is 10.7 Å². The number of hydrogen-bond donors (Lipinski definition) is 1. The second-order valence-electron chi connectivity index (χ2n) is 5.99. The Balaban J connectivity index is 1.53. The Morgan fingerprint density at radius 1 is 1.27 bits per heavy atom. The summed E-state index contributed by atoms with van der Waals surface area (Å²) in [5.41, 5.74) is 1.62. The molecule has 0 bridgehead atoms. The highest BCUT2D eigenvalue weighted by Crippen LogP contribution is 2.28. The summed E-state index contributed by atoms with van der Waals surface area (Å²) in [7, 11) is 0. The van der Waals surface area contributed by atoms with Gasteiger partial charge in [0.1, 0.15) is 16.8 Å². The third kappa shape index (κ3) is 4.34. The minimum atomic E-state index is -0.0767. The quantitative estimate of drug-likeness (QED) is 0.847.